The standard InChI is InChI=1S/C25H26N6O2S/c1-14-11-12-15(2)19(13-14)30-21(32)17-9-7-8-10-18(17)31-23(30)27-28-24(31)34-16(3)20-26-22(29-33-20)25(4,5)6/h7-13,16H,1-6H3. The van der Waals surface area contributed by atoms with Crippen molar-refractivity contribution >= 4 is 28.4 Å². The Labute approximate surface area is 201 Å². The number of thioether (sulfide) groups is 1. The lowest BCUT2D eigenvalue weighted by molar-refractivity contribution is 0.364. The van der Waals surface area contributed by atoms with E-state index < -0.39 is 0 Å². The van der Waals surface area contributed by atoms with E-state index in [2.05, 4.69) is 20.3 Å². The third-order valence-corrected chi connectivity index (χ3v) is 6.77. The molecule has 5 rings (SSSR count). The van der Waals surface area contributed by atoms with Crippen LogP contribution >= 0.6 is 11.8 Å². The Morgan fingerprint density at radius 3 is 2.56 bits per heavy atom. The molecule has 3 heterocycles. The largest absolute Gasteiger partial charge is 0.338 e. The molecule has 1 atom stereocenters. The number of fused-ring (bicyclic) bond motifs is 3. The zero-order valence-electron chi connectivity index (χ0n) is 20.0. The summed E-state index contributed by atoms with van der Waals surface area (Å²) in [6.45, 7) is 12.1. The van der Waals surface area contributed by atoms with Crippen molar-refractivity contribution in [2.75, 3.05) is 0 Å². The molecule has 0 aliphatic heterocycles. The molecule has 0 saturated heterocycles. The molecule has 0 radical (unpaired) electrons. The Kier molecular flexibility index (Phi) is 5.31. The van der Waals surface area contributed by atoms with Crippen LogP contribution in [0.3, 0.4) is 0 Å². The van der Waals surface area contributed by atoms with Gasteiger partial charge in [-0.15, -0.1) is 10.2 Å². The molecule has 0 spiro atoms. The van der Waals surface area contributed by atoms with E-state index in [0.29, 0.717) is 28.0 Å². The number of nitrogens with zero attached hydrogens (tertiary/aromatic N) is 6. The van der Waals surface area contributed by atoms with Crippen LogP contribution < -0.4 is 5.56 Å². The Balaban J connectivity index is 1.70. The normalized spacial score (nSPS) is 13.1. The summed E-state index contributed by atoms with van der Waals surface area (Å²) < 4.78 is 9.13. The average molecular weight is 475 g/mol. The summed E-state index contributed by atoms with van der Waals surface area (Å²) in [5.74, 6) is 1.65. The number of hydrogen-bond acceptors (Lipinski definition) is 7. The fourth-order valence-corrected chi connectivity index (χ4v) is 4.73. The number of aryl methyl sites for hydroxylation is 2. The number of aromatic nitrogens is 6. The Morgan fingerprint density at radius 1 is 1.06 bits per heavy atom. The van der Waals surface area contributed by atoms with E-state index in [0.717, 1.165) is 22.3 Å². The molecule has 0 saturated carbocycles. The third-order valence-electron chi connectivity index (χ3n) is 5.74. The molecule has 174 valence electrons. The van der Waals surface area contributed by atoms with Crippen LogP contribution in [0, 0.1) is 13.8 Å². The van der Waals surface area contributed by atoms with Gasteiger partial charge in [0.1, 0.15) is 0 Å². The highest BCUT2D eigenvalue weighted by atomic mass is 32.2. The summed E-state index contributed by atoms with van der Waals surface area (Å²) >= 11 is 1.47. The zero-order chi connectivity index (χ0) is 24.2. The first kappa shape index (κ1) is 22.3. The fourth-order valence-electron chi connectivity index (χ4n) is 3.85. The molecule has 0 aliphatic rings. The quantitative estimate of drug-likeness (QED) is 0.331. The summed E-state index contributed by atoms with van der Waals surface area (Å²) in [6.07, 6.45) is 0. The van der Waals surface area contributed by atoms with Crippen molar-refractivity contribution in [1.29, 1.82) is 0 Å². The second-order valence-corrected chi connectivity index (χ2v) is 10.8. The second-order valence-electron chi connectivity index (χ2n) is 9.53. The molecule has 3 aromatic heterocycles. The SMILES string of the molecule is Cc1ccc(C)c(-n2c(=O)c3ccccc3n3c(SC(C)c4nc(C(C)(C)C)no4)nnc23)c1. The van der Waals surface area contributed by atoms with Crippen LogP contribution in [0.15, 0.2) is 56.9 Å². The minimum Gasteiger partial charge on any atom is -0.338 e. The van der Waals surface area contributed by atoms with Crippen LogP contribution in [0.4, 0.5) is 0 Å². The minimum atomic E-state index is -0.203. The van der Waals surface area contributed by atoms with Crippen LogP contribution in [0.25, 0.3) is 22.4 Å². The summed E-state index contributed by atoms with van der Waals surface area (Å²) in [5.41, 5.74) is 3.27. The molecule has 5 aromatic rings. The molecule has 1 unspecified atom stereocenters. The Morgan fingerprint density at radius 2 is 1.82 bits per heavy atom. The van der Waals surface area contributed by atoms with Crippen LogP contribution in [-0.2, 0) is 5.41 Å². The van der Waals surface area contributed by atoms with E-state index in [1.54, 1.807) is 4.57 Å². The van der Waals surface area contributed by atoms with Crippen molar-refractivity contribution in [3.05, 3.63) is 75.7 Å². The number of rotatable bonds is 4. The zero-order valence-corrected chi connectivity index (χ0v) is 20.8. The van der Waals surface area contributed by atoms with Crippen molar-refractivity contribution in [2.45, 2.75) is 57.4 Å². The summed E-state index contributed by atoms with van der Waals surface area (Å²) in [7, 11) is 0. The maximum atomic E-state index is 13.6. The predicted molar refractivity (Wildman–Crippen MR) is 133 cm³/mol. The lowest BCUT2D eigenvalue weighted by atomic mass is 9.96. The lowest BCUT2D eigenvalue weighted by Crippen LogP contribution is -2.22. The monoisotopic (exact) mass is 474 g/mol. The van der Waals surface area contributed by atoms with Crippen LogP contribution in [0.2, 0.25) is 0 Å². The fraction of sp³-hybridized carbons (Fsp3) is 0.320. The first-order valence-electron chi connectivity index (χ1n) is 11.1. The van der Waals surface area contributed by atoms with Gasteiger partial charge in [-0.2, -0.15) is 4.98 Å². The molecule has 0 bridgehead atoms. The summed E-state index contributed by atoms with van der Waals surface area (Å²) in [5, 5.41) is 14.2. The average Bonchev–Trinajstić information content (AvgIpc) is 3.44. The smallest absolute Gasteiger partial charge is 0.267 e. The second kappa shape index (κ2) is 8.09. The van der Waals surface area contributed by atoms with Crippen molar-refractivity contribution in [3.63, 3.8) is 0 Å². The van der Waals surface area contributed by atoms with Gasteiger partial charge < -0.3 is 4.52 Å². The Hall–Kier alpha value is -3.46. The number of para-hydroxylation sites is 1. The molecule has 9 heteroatoms. The molecule has 0 amide bonds. The van der Waals surface area contributed by atoms with Gasteiger partial charge in [-0.05, 0) is 50.1 Å². The van der Waals surface area contributed by atoms with E-state index in [9.17, 15) is 4.79 Å². The van der Waals surface area contributed by atoms with Crippen LogP contribution in [0.5, 0.6) is 0 Å². The molecule has 0 aliphatic carbocycles. The van der Waals surface area contributed by atoms with Crippen molar-refractivity contribution in [2.24, 2.45) is 0 Å². The van der Waals surface area contributed by atoms with Crippen molar-refractivity contribution in [1.82, 2.24) is 29.3 Å². The highest BCUT2D eigenvalue weighted by Crippen LogP contribution is 2.35. The topological polar surface area (TPSA) is 91.1 Å². The molecule has 0 fully saturated rings. The maximum Gasteiger partial charge on any atom is 0.267 e. The molecule has 34 heavy (non-hydrogen) atoms. The molecule has 0 N–H and O–H groups in total. The van der Waals surface area contributed by atoms with Gasteiger partial charge in [0.15, 0.2) is 11.0 Å². The van der Waals surface area contributed by atoms with Gasteiger partial charge in [-0.25, -0.2) is 4.57 Å². The van der Waals surface area contributed by atoms with Gasteiger partial charge >= 0.3 is 0 Å². The van der Waals surface area contributed by atoms with Crippen LogP contribution in [-0.4, -0.2) is 29.3 Å². The first-order valence-corrected chi connectivity index (χ1v) is 12.0. The van der Waals surface area contributed by atoms with Gasteiger partial charge in [0.05, 0.1) is 21.8 Å². The van der Waals surface area contributed by atoms with Crippen LogP contribution in [0.1, 0.15) is 55.8 Å². The molecule has 2 aromatic carbocycles. The van der Waals surface area contributed by atoms with E-state index in [1.807, 2.05) is 88.4 Å². The van der Waals surface area contributed by atoms with Gasteiger partial charge in [0.25, 0.3) is 5.56 Å². The molecular weight excluding hydrogens is 448 g/mol. The van der Waals surface area contributed by atoms with E-state index in [-0.39, 0.29) is 16.2 Å². The van der Waals surface area contributed by atoms with E-state index in [4.69, 9.17) is 4.52 Å². The molecular formula is C25H26N6O2S. The Bertz CT molecular complexity index is 1590. The van der Waals surface area contributed by atoms with E-state index in [1.165, 1.54) is 11.8 Å². The highest BCUT2D eigenvalue weighted by Gasteiger charge is 2.26. The number of benzene rings is 2. The maximum absolute atomic E-state index is 13.6. The van der Waals surface area contributed by atoms with Gasteiger partial charge in [0, 0.05) is 5.41 Å². The predicted octanol–water partition coefficient (Wildman–Crippen LogP) is 5.18. The lowest BCUT2D eigenvalue weighted by Gasteiger charge is -2.14. The van der Waals surface area contributed by atoms with Gasteiger partial charge in [-0.3, -0.25) is 9.20 Å². The van der Waals surface area contributed by atoms with Crippen molar-refractivity contribution in [3.8, 4) is 5.69 Å². The minimum absolute atomic E-state index is 0.125. The summed E-state index contributed by atoms with van der Waals surface area (Å²) in [4.78, 5) is 18.2. The van der Waals surface area contributed by atoms with Gasteiger partial charge in [0.2, 0.25) is 11.7 Å². The van der Waals surface area contributed by atoms with Gasteiger partial charge in [-0.1, -0.05) is 62.0 Å². The number of hydrogen-bond donors (Lipinski definition) is 0. The molecule has 8 nitrogen and oxygen atoms in total. The van der Waals surface area contributed by atoms with E-state index >= 15 is 0 Å². The highest BCUT2D eigenvalue weighted by molar-refractivity contribution is 7.99. The summed E-state index contributed by atoms with van der Waals surface area (Å²) in [6, 6.07) is 13.6. The third kappa shape index (κ3) is 3.69. The van der Waals surface area contributed by atoms with Crippen molar-refractivity contribution < 1.29 is 4.52 Å². The first-order chi connectivity index (χ1) is 16.1.